The number of rotatable bonds is 9. The summed E-state index contributed by atoms with van der Waals surface area (Å²) in [7, 11) is 0. The second-order valence-electron chi connectivity index (χ2n) is 6.81. The highest BCUT2D eigenvalue weighted by molar-refractivity contribution is 8.01. The van der Waals surface area contributed by atoms with Crippen molar-refractivity contribution in [3.63, 3.8) is 0 Å². The van der Waals surface area contributed by atoms with Gasteiger partial charge in [-0.05, 0) is 30.5 Å². The predicted octanol–water partition coefficient (Wildman–Crippen LogP) is 4.54. The van der Waals surface area contributed by atoms with Gasteiger partial charge in [-0.25, -0.2) is 0 Å². The Hall–Kier alpha value is -1.55. The van der Waals surface area contributed by atoms with Gasteiger partial charge in [-0.2, -0.15) is 0 Å². The number of halogens is 2. The van der Waals surface area contributed by atoms with Crippen molar-refractivity contribution >= 4 is 63.3 Å². The molecule has 162 valence electrons. The topological polar surface area (TPSA) is 93.2 Å². The molecule has 7 nitrogen and oxygen atoms in total. The number of esters is 1. The molecule has 0 saturated heterocycles. The van der Waals surface area contributed by atoms with E-state index in [0.29, 0.717) is 20.4 Å². The van der Waals surface area contributed by atoms with Crippen LogP contribution < -0.4 is 10.6 Å². The number of ether oxygens (including phenoxy) is 1. The molecule has 1 amide bonds. The number of benzene rings is 1. The Morgan fingerprint density at radius 2 is 2.00 bits per heavy atom. The first-order valence-electron chi connectivity index (χ1n) is 9.58. The molecule has 2 N–H and O–H groups in total. The largest absolute Gasteiger partial charge is 0.455 e. The second kappa shape index (κ2) is 11.7. The number of thioether (sulfide) groups is 1. The summed E-state index contributed by atoms with van der Waals surface area (Å²) in [6.45, 7) is -0.127. The molecule has 1 aromatic heterocycles. The molecule has 1 saturated carbocycles. The van der Waals surface area contributed by atoms with Crippen molar-refractivity contribution in [2.75, 3.05) is 17.7 Å². The average molecular weight is 489 g/mol. The van der Waals surface area contributed by atoms with Gasteiger partial charge in [0.2, 0.25) is 5.13 Å². The Kier molecular flexibility index (Phi) is 9.05. The minimum atomic E-state index is -0.489. The number of carbonyl (C=O) groups excluding carboxylic acids is 2. The molecular weight excluding hydrogens is 467 g/mol. The van der Waals surface area contributed by atoms with E-state index in [1.165, 1.54) is 42.4 Å². The zero-order valence-electron chi connectivity index (χ0n) is 16.2. The summed E-state index contributed by atoms with van der Waals surface area (Å²) in [5.41, 5.74) is 0.727. The van der Waals surface area contributed by atoms with Crippen LogP contribution in [0.4, 0.5) is 5.13 Å². The number of nitrogens with zero attached hydrogens (tertiary/aromatic N) is 2. The molecule has 0 atom stereocenters. The fourth-order valence-electron chi connectivity index (χ4n) is 2.97. The Morgan fingerprint density at radius 1 is 1.20 bits per heavy atom. The van der Waals surface area contributed by atoms with Gasteiger partial charge in [-0.1, -0.05) is 71.6 Å². The lowest BCUT2D eigenvalue weighted by molar-refractivity contribution is -0.145. The molecule has 1 aliphatic rings. The van der Waals surface area contributed by atoms with Crippen molar-refractivity contribution in [2.24, 2.45) is 0 Å². The molecule has 0 spiro atoms. The molecule has 0 unspecified atom stereocenters. The molecular formula is C19H22Cl2N4O3S2. The van der Waals surface area contributed by atoms with Gasteiger partial charge in [-0.3, -0.25) is 9.59 Å². The highest BCUT2D eigenvalue weighted by Gasteiger charge is 2.16. The SMILES string of the molecule is O=C(COC(=O)CSc1nnc(NC2CCCCC2)s1)NCc1ccc(Cl)cc1Cl. The molecule has 1 heterocycles. The van der Waals surface area contributed by atoms with Crippen molar-refractivity contribution < 1.29 is 14.3 Å². The summed E-state index contributed by atoms with van der Waals surface area (Å²) in [6, 6.07) is 5.48. The van der Waals surface area contributed by atoms with Crippen LogP contribution in [0.3, 0.4) is 0 Å². The van der Waals surface area contributed by atoms with Crippen LogP contribution in [-0.4, -0.2) is 40.5 Å². The molecule has 1 aromatic carbocycles. The van der Waals surface area contributed by atoms with Gasteiger partial charge in [0.15, 0.2) is 10.9 Å². The van der Waals surface area contributed by atoms with Crippen LogP contribution in [0.15, 0.2) is 22.5 Å². The third kappa shape index (κ3) is 7.61. The van der Waals surface area contributed by atoms with Gasteiger partial charge in [0.05, 0.1) is 5.75 Å². The van der Waals surface area contributed by atoms with E-state index in [1.807, 2.05) is 0 Å². The molecule has 1 aliphatic carbocycles. The van der Waals surface area contributed by atoms with Crippen molar-refractivity contribution in [3.8, 4) is 0 Å². The minimum absolute atomic E-state index is 0.0638. The Labute approximate surface area is 193 Å². The first-order valence-corrected chi connectivity index (χ1v) is 12.1. The van der Waals surface area contributed by atoms with Gasteiger partial charge in [0.25, 0.3) is 5.91 Å². The van der Waals surface area contributed by atoms with Crippen molar-refractivity contribution in [3.05, 3.63) is 33.8 Å². The molecule has 2 aromatic rings. The lowest BCUT2D eigenvalue weighted by atomic mass is 9.96. The second-order valence-corrected chi connectivity index (χ2v) is 9.86. The first-order chi connectivity index (χ1) is 14.5. The maximum absolute atomic E-state index is 11.9. The zero-order chi connectivity index (χ0) is 21.3. The number of hydrogen-bond acceptors (Lipinski definition) is 8. The standard InChI is InChI=1S/C19H22Cl2N4O3S2/c20-13-7-6-12(15(21)8-13)9-22-16(26)10-28-17(27)11-29-19-25-24-18(30-19)23-14-4-2-1-3-5-14/h6-8,14H,1-5,9-11H2,(H,22,26)(H,23,24). The van der Waals surface area contributed by atoms with Crippen LogP contribution in [0.1, 0.15) is 37.7 Å². The van der Waals surface area contributed by atoms with Crippen molar-refractivity contribution in [1.29, 1.82) is 0 Å². The number of carbonyl (C=O) groups is 2. The van der Waals surface area contributed by atoms with Gasteiger partial charge < -0.3 is 15.4 Å². The fourth-order valence-corrected chi connectivity index (χ4v) is 5.07. The predicted molar refractivity (Wildman–Crippen MR) is 120 cm³/mol. The lowest BCUT2D eigenvalue weighted by Crippen LogP contribution is -2.28. The number of nitrogens with one attached hydrogen (secondary N) is 2. The van der Waals surface area contributed by atoms with E-state index in [2.05, 4.69) is 20.8 Å². The number of anilines is 1. The highest BCUT2D eigenvalue weighted by Crippen LogP contribution is 2.28. The molecule has 11 heteroatoms. The van der Waals surface area contributed by atoms with Crippen LogP contribution in [0.25, 0.3) is 0 Å². The number of aromatic nitrogens is 2. The third-order valence-electron chi connectivity index (χ3n) is 4.51. The van der Waals surface area contributed by atoms with Crippen LogP contribution in [-0.2, 0) is 20.9 Å². The quantitative estimate of drug-likeness (QED) is 0.395. The molecule has 0 bridgehead atoms. The van der Waals surface area contributed by atoms with E-state index < -0.39 is 11.9 Å². The Balaban J connectivity index is 1.33. The van der Waals surface area contributed by atoms with E-state index in [0.717, 1.165) is 23.5 Å². The maximum Gasteiger partial charge on any atom is 0.316 e. The normalized spacial score (nSPS) is 14.3. The van der Waals surface area contributed by atoms with E-state index in [1.54, 1.807) is 18.2 Å². The molecule has 0 radical (unpaired) electrons. The molecule has 1 fully saturated rings. The summed E-state index contributed by atoms with van der Waals surface area (Å²) >= 11 is 14.6. The minimum Gasteiger partial charge on any atom is -0.455 e. The van der Waals surface area contributed by atoms with Crippen LogP contribution in [0.2, 0.25) is 10.0 Å². The Morgan fingerprint density at radius 3 is 2.77 bits per heavy atom. The number of amides is 1. The zero-order valence-corrected chi connectivity index (χ0v) is 19.3. The van der Waals surface area contributed by atoms with E-state index >= 15 is 0 Å². The monoisotopic (exact) mass is 488 g/mol. The molecule has 3 rings (SSSR count). The first kappa shape index (κ1) is 23.1. The average Bonchev–Trinajstić information content (AvgIpc) is 3.18. The van der Waals surface area contributed by atoms with E-state index in [9.17, 15) is 9.59 Å². The summed E-state index contributed by atoms with van der Waals surface area (Å²) < 4.78 is 5.69. The van der Waals surface area contributed by atoms with E-state index in [-0.39, 0.29) is 18.9 Å². The van der Waals surface area contributed by atoms with Crippen LogP contribution in [0.5, 0.6) is 0 Å². The highest BCUT2D eigenvalue weighted by atomic mass is 35.5. The maximum atomic E-state index is 11.9. The number of hydrogen-bond donors (Lipinski definition) is 2. The van der Waals surface area contributed by atoms with Gasteiger partial charge in [0.1, 0.15) is 0 Å². The Bertz CT molecular complexity index is 875. The third-order valence-corrected chi connectivity index (χ3v) is 7.06. The van der Waals surface area contributed by atoms with Gasteiger partial charge >= 0.3 is 5.97 Å². The fraction of sp³-hybridized carbons (Fsp3) is 0.474. The summed E-state index contributed by atoms with van der Waals surface area (Å²) in [4.78, 5) is 23.8. The smallest absolute Gasteiger partial charge is 0.316 e. The summed E-state index contributed by atoms with van der Waals surface area (Å²) in [6.07, 6.45) is 6.08. The van der Waals surface area contributed by atoms with Crippen molar-refractivity contribution in [1.82, 2.24) is 15.5 Å². The molecule has 30 heavy (non-hydrogen) atoms. The van der Waals surface area contributed by atoms with Crippen LogP contribution >= 0.6 is 46.3 Å². The lowest BCUT2D eigenvalue weighted by Gasteiger charge is -2.21. The summed E-state index contributed by atoms with van der Waals surface area (Å²) in [5, 5.41) is 16.0. The van der Waals surface area contributed by atoms with Crippen molar-refractivity contribution in [2.45, 2.75) is 49.0 Å². The summed E-state index contributed by atoms with van der Waals surface area (Å²) in [5.74, 6) is -0.833. The van der Waals surface area contributed by atoms with Crippen LogP contribution in [0, 0.1) is 0 Å². The van der Waals surface area contributed by atoms with Gasteiger partial charge in [-0.15, -0.1) is 10.2 Å². The van der Waals surface area contributed by atoms with Gasteiger partial charge in [0, 0.05) is 22.6 Å². The van der Waals surface area contributed by atoms with E-state index in [4.69, 9.17) is 27.9 Å². The molecule has 0 aliphatic heterocycles.